The fraction of sp³-hybridized carbons (Fsp3) is 0.182. The molecule has 328 valence electrons. The molecule has 0 radical (unpaired) electrons. The van der Waals surface area contributed by atoms with Crippen molar-refractivity contribution < 1.29 is 0 Å². The Morgan fingerprint density at radius 2 is 0.574 bits per heavy atom. The zero-order valence-electron chi connectivity index (χ0n) is 40.2. The fourth-order valence-electron chi connectivity index (χ4n) is 13.6. The minimum Gasteiger partial charge on any atom is -0.310 e. The average molecular weight is 875 g/mol. The molecule has 0 amide bonds. The van der Waals surface area contributed by atoms with Crippen LogP contribution in [-0.4, -0.2) is 0 Å². The number of para-hydroxylation sites is 2. The number of fused-ring (bicyclic) bond motifs is 16. The molecule has 68 heavy (non-hydrogen) atoms. The first-order valence-electron chi connectivity index (χ1n) is 24.5. The first kappa shape index (κ1) is 39.7. The van der Waals surface area contributed by atoms with Crippen LogP contribution in [0.3, 0.4) is 0 Å². The highest BCUT2D eigenvalue weighted by Gasteiger charge is 2.44. The molecule has 0 saturated heterocycles. The van der Waals surface area contributed by atoms with Crippen molar-refractivity contribution in [3.05, 3.63) is 226 Å². The second kappa shape index (κ2) is 13.2. The van der Waals surface area contributed by atoms with Crippen molar-refractivity contribution in [2.75, 3.05) is 9.80 Å². The zero-order chi connectivity index (χ0) is 46.2. The van der Waals surface area contributed by atoms with Gasteiger partial charge < -0.3 is 9.80 Å². The molecule has 14 rings (SSSR count). The van der Waals surface area contributed by atoms with Crippen LogP contribution in [-0.2, 0) is 21.7 Å². The van der Waals surface area contributed by atoms with E-state index in [1.807, 2.05) is 0 Å². The Kier molecular flexibility index (Phi) is 7.69. The van der Waals surface area contributed by atoms with E-state index in [1.165, 1.54) is 133 Å². The molecule has 0 aromatic heterocycles. The van der Waals surface area contributed by atoms with Gasteiger partial charge in [-0.15, -0.1) is 0 Å². The third-order valence-corrected chi connectivity index (χ3v) is 17.2. The summed E-state index contributed by atoms with van der Waals surface area (Å²) < 4.78 is 0. The minimum atomic E-state index is -0.188. The number of anilines is 6. The maximum Gasteiger partial charge on any atom is 0.0509 e. The van der Waals surface area contributed by atoms with Crippen molar-refractivity contribution in [2.45, 2.75) is 77.0 Å². The quantitative estimate of drug-likeness (QED) is 0.160. The monoisotopic (exact) mass is 874 g/mol. The van der Waals surface area contributed by atoms with E-state index < -0.39 is 0 Å². The van der Waals surface area contributed by atoms with Crippen molar-refractivity contribution in [2.24, 2.45) is 0 Å². The predicted molar refractivity (Wildman–Crippen MR) is 288 cm³/mol. The van der Waals surface area contributed by atoms with E-state index in [0.29, 0.717) is 0 Å². The summed E-state index contributed by atoms with van der Waals surface area (Å²) in [5, 5.41) is 7.59. The summed E-state index contributed by atoms with van der Waals surface area (Å²) >= 11 is 0. The molecule has 2 aliphatic heterocycles. The summed E-state index contributed by atoms with van der Waals surface area (Å²) in [4.78, 5) is 5.10. The van der Waals surface area contributed by atoms with Gasteiger partial charge in [0.15, 0.2) is 0 Å². The number of rotatable bonds is 2. The van der Waals surface area contributed by atoms with E-state index in [4.69, 9.17) is 0 Å². The number of nitrogens with zero attached hydrogens (tertiary/aromatic N) is 2. The van der Waals surface area contributed by atoms with Crippen molar-refractivity contribution in [1.29, 1.82) is 0 Å². The highest BCUT2D eigenvalue weighted by Crippen LogP contribution is 2.60. The van der Waals surface area contributed by atoms with E-state index in [1.54, 1.807) is 0 Å². The Balaban J connectivity index is 0.975. The van der Waals surface area contributed by atoms with Gasteiger partial charge in [-0.2, -0.15) is 0 Å². The van der Waals surface area contributed by atoms with Gasteiger partial charge in [0.1, 0.15) is 0 Å². The Bertz CT molecular complexity index is 3600. The minimum absolute atomic E-state index is 0.0809. The summed E-state index contributed by atoms with van der Waals surface area (Å²) in [5.74, 6) is 0. The van der Waals surface area contributed by atoms with Gasteiger partial charge in [0.25, 0.3) is 0 Å². The van der Waals surface area contributed by atoms with E-state index in [-0.39, 0.29) is 21.7 Å². The van der Waals surface area contributed by atoms with Gasteiger partial charge in [0.2, 0.25) is 0 Å². The molecule has 2 heteroatoms. The molecule has 10 aromatic rings. The maximum atomic E-state index is 2.55. The molecular weight excluding hydrogens is 821 g/mol. The molecule has 2 nitrogen and oxygen atoms in total. The normalized spacial score (nSPS) is 16.9. The second-order valence-electron chi connectivity index (χ2n) is 22.1. The Morgan fingerprint density at radius 3 is 1.00 bits per heavy atom. The molecule has 0 saturated carbocycles. The molecule has 0 unspecified atom stereocenters. The third kappa shape index (κ3) is 4.98. The summed E-state index contributed by atoms with van der Waals surface area (Å²) in [6.07, 6.45) is 0. The van der Waals surface area contributed by atoms with Crippen LogP contribution in [0, 0.1) is 0 Å². The van der Waals surface area contributed by atoms with Gasteiger partial charge in [-0.1, -0.05) is 189 Å². The number of benzene rings is 10. The van der Waals surface area contributed by atoms with Crippen LogP contribution in [0.4, 0.5) is 34.1 Å². The summed E-state index contributed by atoms with van der Waals surface area (Å²) in [6, 6.07) is 69.8. The van der Waals surface area contributed by atoms with Crippen LogP contribution in [0.2, 0.25) is 0 Å². The van der Waals surface area contributed by atoms with Gasteiger partial charge in [0, 0.05) is 33.0 Å². The Labute approximate surface area is 400 Å². The fourth-order valence-corrected chi connectivity index (χ4v) is 13.6. The van der Waals surface area contributed by atoms with Crippen LogP contribution in [0.25, 0.3) is 54.6 Å². The first-order valence-corrected chi connectivity index (χ1v) is 24.5. The van der Waals surface area contributed by atoms with Crippen LogP contribution in [0.5, 0.6) is 0 Å². The molecule has 0 spiro atoms. The van der Waals surface area contributed by atoms with Gasteiger partial charge in [0.05, 0.1) is 22.7 Å². The molecule has 2 heterocycles. The third-order valence-electron chi connectivity index (χ3n) is 17.2. The predicted octanol–water partition coefficient (Wildman–Crippen LogP) is 18.0. The smallest absolute Gasteiger partial charge is 0.0509 e. The molecule has 2 aliphatic carbocycles. The lowest BCUT2D eigenvalue weighted by Gasteiger charge is -2.43. The van der Waals surface area contributed by atoms with Crippen molar-refractivity contribution in [3.63, 3.8) is 0 Å². The summed E-state index contributed by atoms with van der Waals surface area (Å²) in [7, 11) is 0. The first-order chi connectivity index (χ1) is 32.8. The second-order valence-corrected chi connectivity index (χ2v) is 22.1. The Morgan fingerprint density at radius 1 is 0.235 bits per heavy atom. The van der Waals surface area contributed by atoms with Crippen molar-refractivity contribution >= 4 is 66.4 Å². The molecule has 0 fully saturated rings. The van der Waals surface area contributed by atoms with Crippen LogP contribution >= 0.6 is 0 Å². The molecule has 0 atom stereocenters. The average Bonchev–Trinajstić information content (AvgIpc) is 3.72. The SMILES string of the molecule is CC1(C)c2ccccc2-c2cc3c(cc21)C(C)(C)c1ccccc1N3c1ccc2c3ccc(N4c5ccccc5C(C)(C)c5cc6c(cc54)-c4ccccc4C6(C)C)cc3c3ccccc3c2c1. The topological polar surface area (TPSA) is 6.48 Å². The van der Waals surface area contributed by atoms with Crippen LogP contribution in [0.15, 0.2) is 182 Å². The van der Waals surface area contributed by atoms with Crippen molar-refractivity contribution in [3.8, 4) is 22.3 Å². The zero-order valence-corrected chi connectivity index (χ0v) is 40.2. The summed E-state index contributed by atoms with van der Waals surface area (Å²) in [5.41, 5.74) is 23.3. The summed E-state index contributed by atoms with van der Waals surface area (Å²) in [6.45, 7) is 19.2. The molecular formula is C66H54N2. The lowest BCUT2D eigenvalue weighted by atomic mass is 9.71. The molecule has 0 bridgehead atoms. The van der Waals surface area contributed by atoms with Crippen molar-refractivity contribution in [1.82, 2.24) is 0 Å². The van der Waals surface area contributed by atoms with Gasteiger partial charge in [-0.25, -0.2) is 0 Å². The van der Waals surface area contributed by atoms with E-state index >= 15 is 0 Å². The van der Waals surface area contributed by atoms with E-state index in [0.717, 1.165) is 0 Å². The van der Waals surface area contributed by atoms with E-state index in [9.17, 15) is 0 Å². The number of hydrogen-bond donors (Lipinski definition) is 0. The lowest BCUT2D eigenvalue weighted by molar-refractivity contribution is 0.619. The standard InChI is InChI=1S/C66H54N2/c1-63(2)51-23-13-11-21-45(51)49-35-61-57(37-55(49)63)65(5,6)53-25-15-17-27-59(53)67(61)39-29-31-43-44-32-30-40(34-48(44)42-20-10-9-19-41(42)47(43)33-39)68-60-28-18-16-26-54(60)66(7,8)58-38-56-50(36-62(58)68)46-22-12-14-24-52(46)64(56,3)4/h9-38H,1-8H3. The Hall–Kier alpha value is -7.42. The molecule has 4 aliphatic rings. The number of hydrogen-bond acceptors (Lipinski definition) is 2. The van der Waals surface area contributed by atoms with Crippen LogP contribution < -0.4 is 9.80 Å². The highest BCUT2D eigenvalue weighted by atomic mass is 15.2. The largest absolute Gasteiger partial charge is 0.310 e. The molecule has 0 N–H and O–H groups in total. The van der Waals surface area contributed by atoms with Gasteiger partial charge in [-0.05, 0) is 148 Å². The van der Waals surface area contributed by atoms with Gasteiger partial charge in [-0.3, -0.25) is 0 Å². The lowest BCUT2D eigenvalue weighted by Crippen LogP contribution is -2.31. The van der Waals surface area contributed by atoms with Gasteiger partial charge >= 0.3 is 0 Å². The van der Waals surface area contributed by atoms with Crippen LogP contribution in [0.1, 0.15) is 99.9 Å². The molecule has 10 aromatic carbocycles. The maximum absolute atomic E-state index is 2.55. The highest BCUT2D eigenvalue weighted by molar-refractivity contribution is 6.26. The van der Waals surface area contributed by atoms with E-state index in [2.05, 4.69) is 247 Å².